The van der Waals surface area contributed by atoms with Gasteiger partial charge in [0.1, 0.15) is 5.69 Å². The second-order valence-corrected chi connectivity index (χ2v) is 21.4. The molecule has 2 atom stereocenters. The third-order valence-electron chi connectivity index (χ3n) is 13.3. The van der Waals surface area contributed by atoms with E-state index >= 15 is 0 Å². The molecule has 3 aliphatic heterocycles. The van der Waals surface area contributed by atoms with Crippen LogP contribution in [0.25, 0.3) is 5.57 Å². The predicted molar refractivity (Wildman–Crippen MR) is 270 cm³/mol. The van der Waals surface area contributed by atoms with Crippen LogP contribution >= 0.6 is 35.8 Å². The molecule has 4 aromatic carbocycles. The zero-order valence-electron chi connectivity index (χ0n) is 37.6. The van der Waals surface area contributed by atoms with Gasteiger partial charge in [0, 0.05) is 111 Å². The molecule has 0 radical (unpaired) electrons. The van der Waals surface area contributed by atoms with Crippen molar-refractivity contribution in [2.75, 3.05) is 101 Å². The van der Waals surface area contributed by atoms with E-state index in [1.54, 1.807) is 23.9 Å². The molecule has 3 fully saturated rings. The van der Waals surface area contributed by atoms with Gasteiger partial charge in [-0.1, -0.05) is 54.4 Å². The van der Waals surface area contributed by atoms with E-state index in [9.17, 15) is 23.3 Å². The Labute approximate surface area is 405 Å². The number of carbonyl (C=O) groups excluding carboxylic acids is 1. The average molecular weight is 978 g/mol. The number of benzene rings is 4. The highest BCUT2D eigenvalue weighted by atomic mass is 35.5. The van der Waals surface area contributed by atoms with Crippen molar-refractivity contribution in [3.05, 3.63) is 129 Å². The molecule has 0 saturated carbocycles. The number of piperazine rings is 2. The lowest BCUT2D eigenvalue weighted by Gasteiger charge is -2.43. The number of sulfonamides is 1. The Morgan fingerprint density at radius 1 is 0.894 bits per heavy atom. The van der Waals surface area contributed by atoms with Gasteiger partial charge < -0.3 is 25.3 Å². The highest BCUT2D eigenvalue weighted by molar-refractivity contribution is 7.99. The fraction of sp³-hybridized carbons (Fsp3) is 0.449. The molecule has 4 aliphatic rings. The molecule has 1 aliphatic carbocycles. The third-order valence-corrected chi connectivity index (χ3v) is 16.1. The molecule has 66 heavy (non-hydrogen) atoms. The van der Waals surface area contributed by atoms with Crippen LogP contribution in [0.2, 0.25) is 5.02 Å². The lowest BCUT2D eigenvalue weighted by molar-refractivity contribution is -0.384. The number of nitrogens with one attached hydrogen (secondary N) is 3. The molecule has 354 valence electrons. The number of halogens is 2. The molecular weight excluding hydrogens is 916 g/mol. The number of nitrogens with zero attached hydrogens (tertiary/aromatic N) is 5. The number of amides is 1. The second kappa shape index (κ2) is 22.7. The Bertz CT molecular complexity index is 2410. The maximum atomic E-state index is 13.5. The quantitative estimate of drug-likeness (QED) is 0.0504. The van der Waals surface area contributed by atoms with Gasteiger partial charge in [0.05, 0.1) is 9.82 Å². The molecule has 3 N–H and O–H groups in total. The minimum absolute atomic E-state index is 0. The van der Waals surface area contributed by atoms with Gasteiger partial charge in [-0.25, -0.2) is 13.1 Å². The van der Waals surface area contributed by atoms with E-state index < -0.39 is 20.9 Å². The number of rotatable bonds is 18. The molecule has 8 rings (SSSR count). The van der Waals surface area contributed by atoms with Crippen LogP contribution in [0.5, 0.6) is 0 Å². The highest BCUT2D eigenvalue weighted by Crippen LogP contribution is 2.44. The summed E-state index contributed by atoms with van der Waals surface area (Å²) in [5.41, 5.74) is 5.45. The number of nitro groups is 1. The predicted octanol–water partition coefficient (Wildman–Crippen LogP) is 8.13. The third kappa shape index (κ3) is 13.1. The normalized spacial score (nSPS) is 20.2. The summed E-state index contributed by atoms with van der Waals surface area (Å²) in [6, 6.07) is 28.9. The first kappa shape index (κ1) is 49.7. The van der Waals surface area contributed by atoms with Crippen molar-refractivity contribution in [3.8, 4) is 0 Å². The van der Waals surface area contributed by atoms with E-state index in [0.29, 0.717) is 5.75 Å². The van der Waals surface area contributed by atoms with E-state index in [0.717, 1.165) is 132 Å². The standard InChI is InChI=1S/C49H61ClN8O5S2.ClH/c1-49(36-56-26-21-51-22-27-56)20-18-45(37-8-12-40(50)13-9-37)39(33-49)34-55-28-30-57(31-29-55)42-14-10-38(11-15-42)48(59)53-65(62,63)44-16-17-46(47(32-44)58(60)61)52-41(19-25-54-23-5-24-54)35-64-43-6-3-2-4-7-43;/h2-4,6-17,32,41,51-52H,5,18-31,33-36H2,1H3,(H,53,59);1H. The summed E-state index contributed by atoms with van der Waals surface area (Å²) in [6.45, 7) is 15.2. The number of carbonyl (C=O) groups is 1. The van der Waals surface area contributed by atoms with Gasteiger partial charge in [-0.3, -0.25) is 19.8 Å². The summed E-state index contributed by atoms with van der Waals surface area (Å²) >= 11 is 7.96. The van der Waals surface area contributed by atoms with Crippen molar-refractivity contribution in [1.82, 2.24) is 24.7 Å². The lowest BCUT2D eigenvalue weighted by atomic mass is 9.71. The van der Waals surface area contributed by atoms with Crippen molar-refractivity contribution in [1.29, 1.82) is 0 Å². The molecule has 17 heteroatoms. The van der Waals surface area contributed by atoms with Crippen LogP contribution in [0.3, 0.4) is 0 Å². The van der Waals surface area contributed by atoms with Crippen LogP contribution in [0.1, 0.15) is 54.9 Å². The molecule has 3 saturated heterocycles. The van der Waals surface area contributed by atoms with Crippen LogP contribution in [-0.4, -0.2) is 131 Å². The molecular formula is C49H62Cl2N8O5S2. The average Bonchev–Trinajstić information content (AvgIpc) is 3.29. The zero-order chi connectivity index (χ0) is 45.4. The van der Waals surface area contributed by atoms with Gasteiger partial charge in [0.25, 0.3) is 21.6 Å². The van der Waals surface area contributed by atoms with Gasteiger partial charge in [0.2, 0.25) is 0 Å². The van der Waals surface area contributed by atoms with Crippen LogP contribution < -0.4 is 20.3 Å². The summed E-state index contributed by atoms with van der Waals surface area (Å²) in [6.07, 6.45) is 5.23. The van der Waals surface area contributed by atoms with Crippen LogP contribution in [0, 0.1) is 15.5 Å². The van der Waals surface area contributed by atoms with E-state index in [1.807, 2.05) is 54.6 Å². The lowest BCUT2D eigenvalue weighted by Crippen LogP contribution is -2.49. The summed E-state index contributed by atoms with van der Waals surface area (Å²) < 4.78 is 29.2. The van der Waals surface area contributed by atoms with E-state index in [2.05, 4.69) is 54.0 Å². The first-order chi connectivity index (χ1) is 31.4. The van der Waals surface area contributed by atoms with E-state index in [1.165, 1.54) is 35.3 Å². The van der Waals surface area contributed by atoms with E-state index in [4.69, 9.17) is 11.6 Å². The maximum absolute atomic E-state index is 13.5. The topological polar surface area (TPSA) is 143 Å². The molecule has 0 aromatic heterocycles. The van der Waals surface area contributed by atoms with Crippen molar-refractivity contribution < 1.29 is 18.1 Å². The number of thioether (sulfide) groups is 1. The maximum Gasteiger partial charge on any atom is 0.293 e. The summed E-state index contributed by atoms with van der Waals surface area (Å²) in [5, 5.41) is 19.9. The Morgan fingerprint density at radius 2 is 1.61 bits per heavy atom. The number of nitro benzene ring substituents is 1. The molecule has 2 unspecified atom stereocenters. The Balaban J connectivity index is 0.00000648. The molecule has 3 heterocycles. The number of likely N-dealkylation sites (tertiary alicyclic amines) is 1. The van der Waals surface area contributed by atoms with Crippen molar-refractivity contribution >= 4 is 74.3 Å². The molecule has 1 amide bonds. The van der Waals surface area contributed by atoms with Gasteiger partial charge in [-0.05, 0) is 122 Å². The number of allylic oxidation sites excluding steroid dienone is 1. The molecule has 0 spiro atoms. The first-order valence-electron chi connectivity index (χ1n) is 22.9. The van der Waals surface area contributed by atoms with Crippen molar-refractivity contribution in [2.45, 2.75) is 54.9 Å². The van der Waals surface area contributed by atoms with Gasteiger partial charge >= 0.3 is 0 Å². The monoisotopic (exact) mass is 976 g/mol. The minimum atomic E-state index is -4.43. The van der Waals surface area contributed by atoms with Crippen molar-refractivity contribution in [3.63, 3.8) is 0 Å². The first-order valence-corrected chi connectivity index (χ1v) is 25.7. The van der Waals surface area contributed by atoms with Gasteiger partial charge in [0.15, 0.2) is 0 Å². The zero-order valence-corrected chi connectivity index (χ0v) is 40.8. The number of anilines is 2. The number of hydrogen-bond acceptors (Lipinski definition) is 12. The van der Waals surface area contributed by atoms with Crippen LogP contribution in [0.15, 0.2) is 112 Å². The Hall–Kier alpha value is -4.19. The highest BCUT2D eigenvalue weighted by Gasteiger charge is 2.35. The molecule has 13 nitrogen and oxygen atoms in total. The van der Waals surface area contributed by atoms with Crippen molar-refractivity contribution in [2.24, 2.45) is 5.41 Å². The summed E-state index contributed by atoms with van der Waals surface area (Å²) in [5.74, 6) is -0.140. The largest absolute Gasteiger partial charge is 0.376 e. The molecule has 4 aromatic rings. The SMILES string of the molecule is CC1(CN2CCNCC2)CCC(c2ccc(Cl)cc2)=C(CN2CCN(c3ccc(C(=O)NS(=O)(=O)c4ccc(NC(CCN5CCC5)CSc5ccccc5)c([N+](=O)[O-])c4)cc3)CC2)C1.Cl. The summed E-state index contributed by atoms with van der Waals surface area (Å²) in [7, 11) is -4.43. The van der Waals surface area contributed by atoms with Gasteiger partial charge in [-0.2, -0.15) is 0 Å². The Kier molecular flexibility index (Phi) is 17.1. The van der Waals surface area contributed by atoms with Crippen LogP contribution in [-0.2, 0) is 10.0 Å². The van der Waals surface area contributed by atoms with Gasteiger partial charge in [-0.15, -0.1) is 24.2 Å². The second-order valence-electron chi connectivity index (χ2n) is 18.2. The molecule has 0 bridgehead atoms. The summed E-state index contributed by atoms with van der Waals surface area (Å²) in [4.78, 5) is 35.6. The minimum Gasteiger partial charge on any atom is -0.376 e. The van der Waals surface area contributed by atoms with E-state index in [-0.39, 0.29) is 45.7 Å². The number of hydrogen-bond donors (Lipinski definition) is 3. The smallest absolute Gasteiger partial charge is 0.293 e. The Morgan fingerprint density at radius 3 is 2.27 bits per heavy atom. The fourth-order valence-corrected chi connectivity index (χ4v) is 11.6. The van der Waals surface area contributed by atoms with Crippen LogP contribution in [0.4, 0.5) is 17.1 Å². The fourth-order valence-electron chi connectivity index (χ4n) is 9.53.